The second-order valence-corrected chi connectivity index (χ2v) is 9.59. The summed E-state index contributed by atoms with van der Waals surface area (Å²) in [6.45, 7) is 0.691. The van der Waals surface area contributed by atoms with Crippen LogP contribution in [0.5, 0.6) is 0 Å². The van der Waals surface area contributed by atoms with Crippen molar-refractivity contribution in [1.29, 1.82) is 5.41 Å². The molecule has 0 spiro atoms. The van der Waals surface area contributed by atoms with Crippen molar-refractivity contribution >= 4 is 34.9 Å². The van der Waals surface area contributed by atoms with Crippen LogP contribution in [0.15, 0.2) is 59.6 Å². The Hall–Kier alpha value is -4.31. The molecule has 0 aliphatic heterocycles. The summed E-state index contributed by atoms with van der Waals surface area (Å²) in [4.78, 5) is 28.3. The summed E-state index contributed by atoms with van der Waals surface area (Å²) in [6.07, 6.45) is 3.41. The molecule has 0 aliphatic carbocycles. The molecule has 10 nitrogen and oxygen atoms in total. The topological polar surface area (TPSA) is 186 Å². The Morgan fingerprint density at radius 1 is 1.03 bits per heavy atom. The number of aromatic nitrogens is 1. The largest absolute Gasteiger partial charge is 0.427 e. The Kier molecular flexibility index (Phi) is 10.5. The fourth-order valence-corrected chi connectivity index (χ4v) is 4.39. The maximum Gasteiger partial charge on any atom is 0.226 e. The van der Waals surface area contributed by atoms with Crippen LogP contribution in [0, 0.1) is 5.41 Å². The fourth-order valence-electron chi connectivity index (χ4n) is 4.08. The number of carbonyl (C=O) groups excluding carboxylic acids is 2. The van der Waals surface area contributed by atoms with Gasteiger partial charge < -0.3 is 27.7 Å². The van der Waals surface area contributed by atoms with E-state index in [4.69, 9.17) is 34.2 Å². The number of nitrogens with one attached hydrogen (secondary N) is 2. The Morgan fingerprint density at radius 2 is 1.74 bits per heavy atom. The van der Waals surface area contributed by atoms with Crippen molar-refractivity contribution in [2.24, 2.45) is 16.5 Å². The van der Waals surface area contributed by atoms with Gasteiger partial charge in [-0.2, -0.15) is 4.73 Å². The lowest BCUT2D eigenvalue weighted by molar-refractivity contribution is -0.121. The molecule has 1 heterocycles. The third-order valence-corrected chi connectivity index (χ3v) is 6.42. The summed E-state index contributed by atoms with van der Waals surface area (Å²) >= 11 is 6.67. The highest BCUT2D eigenvalue weighted by atomic mass is 35.5. The van der Waals surface area contributed by atoms with Crippen molar-refractivity contribution in [3.05, 3.63) is 81.9 Å². The smallest absolute Gasteiger partial charge is 0.226 e. The lowest BCUT2D eigenvalue weighted by Gasteiger charge is -2.16. The zero-order chi connectivity index (χ0) is 28.4. The van der Waals surface area contributed by atoms with E-state index < -0.39 is 0 Å². The van der Waals surface area contributed by atoms with Crippen molar-refractivity contribution in [2.75, 3.05) is 12.3 Å². The molecule has 0 saturated carbocycles. The zero-order valence-electron chi connectivity index (χ0n) is 21.6. The molecule has 9 N–H and O–H groups in total. The summed E-state index contributed by atoms with van der Waals surface area (Å²) < 4.78 is 0.902. The lowest BCUT2D eigenvalue weighted by atomic mass is 10.0. The van der Waals surface area contributed by atoms with E-state index in [-0.39, 0.29) is 41.8 Å². The normalized spacial score (nSPS) is 11.4. The number of amidine groups is 1. The molecule has 0 saturated heterocycles. The standard InChI is InChI=1S/C28H34ClN7O3/c29-22-15-25(34-13-4-2-1-3-8-24(31)37)36(39)23(27(22)20-6-5-7-21(30)14-20)16-26(38)35-17-18-9-11-19(12-10-18)28(32)33/h5-7,9-12,14-15,39H,1-4,8,13,16-17,30H2,(H2,31,37)(H3,32,33)(H,35,38). The van der Waals surface area contributed by atoms with Gasteiger partial charge in [-0.1, -0.05) is 60.8 Å². The molecule has 3 rings (SSSR count). The molecular formula is C28H34ClN7O3. The molecule has 2 aromatic carbocycles. The van der Waals surface area contributed by atoms with Crippen LogP contribution in [0.4, 0.5) is 5.69 Å². The lowest BCUT2D eigenvalue weighted by Crippen LogP contribution is -2.30. The van der Waals surface area contributed by atoms with Crippen LogP contribution in [0.1, 0.15) is 48.9 Å². The number of primary amides is 1. The van der Waals surface area contributed by atoms with Gasteiger partial charge in [0.25, 0.3) is 0 Å². The maximum atomic E-state index is 13.0. The summed E-state index contributed by atoms with van der Waals surface area (Å²) in [5.41, 5.74) is 20.2. The average molecular weight is 552 g/mol. The van der Waals surface area contributed by atoms with E-state index in [9.17, 15) is 14.8 Å². The number of anilines is 1. The van der Waals surface area contributed by atoms with Crippen LogP contribution < -0.4 is 28.0 Å². The first-order valence-electron chi connectivity index (χ1n) is 12.6. The number of nitrogens with two attached hydrogens (primary N) is 3. The predicted octanol–water partition coefficient (Wildman–Crippen LogP) is 3.11. The molecule has 0 unspecified atom stereocenters. The maximum absolute atomic E-state index is 13.0. The van der Waals surface area contributed by atoms with Crippen LogP contribution in [0.3, 0.4) is 0 Å². The molecule has 11 heteroatoms. The number of hydrogen-bond donors (Lipinski definition) is 6. The second-order valence-electron chi connectivity index (χ2n) is 9.19. The van der Waals surface area contributed by atoms with Gasteiger partial charge in [-0.3, -0.25) is 20.0 Å². The number of amides is 2. The number of nitrogens with zero attached hydrogens (tertiary/aromatic N) is 2. The van der Waals surface area contributed by atoms with Crippen LogP contribution in [-0.4, -0.2) is 34.1 Å². The van der Waals surface area contributed by atoms with Crippen molar-refractivity contribution < 1.29 is 14.8 Å². The third kappa shape index (κ3) is 8.61. The minimum Gasteiger partial charge on any atom is -0.427 e. The molecule has 0 bridgehead atoms. The van der Waals surface area contributed by atoms with E-state index in [0.29, 0.717) is 40.4 Å². The second kappa shape index (κ2) is 14.0. The number of benzene rings is 2. The van der Waals surface area contributed by atoms with Crippen LogP contribution in [0.25, 0.3) is 11.1 Å². The molecule has 206 valence electrons. The summed E-state index contributed by atoms with van der Waals surface area (Å²) in [5.74, 6) is -0.669. The average Bonchev–Trinajstić information content (AvgIpc) is 2.89. The zero-order valence-corrected chi connectivity index (χ0v) is 22.4. The molecule has 1 aromatic heterocycles. The number of hydrogen-bond acceptors (Lipinski definition) is 6. The monoisotopic (exact) mass is 551 g/mol. The molecule has 0 fully saturated rings. The highest BCUT2D eigenvalue weighted by Crippen LogP contribution is 2.31. The third-order valence-electron chi connectivity index (χ3n) is 6.12. The number of rotatable bonds is 13. The van der Waals surface area contributed by atoms with Gasteiger partial charge in [0, 0.05) is 42.4 Å². The first-order chi connectivity index (χ1) is 18.7. The van der Waals surface area contributed by atoms with Crippen LogP contribution >= 0.6 is 11.6 Å². The Morgan fingerprint density at radius 3 is 2.41 bits per heavy atom. The van der Waals surface area contributed by atoms with Gasteiger partial charge in [0.05, 0.1) is 17.1 Å². The fraction of sp³-hybridized carbons (Fsp3) is 0.286. The number of halogens is 1. The number of nitrogen functional groups attached to an aromatic ring is 2. The number of unbranched alkanes of at least 4 members (excludes halogenated alkanes) is 3. The highest BCUT2D eigenvalue weighted by molar-refractivity contribution is 6.33. The summed E-state index contributed by atoms with van der Waals surface area (Å²) in [6, 6.07) is 15.6. The number of pyridine rings is 1. The van der Waals surface area contributed by atoms with E-state index in [2.05, 4.69) is 10.3 Å². The Balaban J connectivity index is 1.81. The van der Waals surface area contributed by atoms with Crippen molar-refractivity contribution in [2.45, 2.75) is 45.1 Å². The quantitative estimate of drug-likeness (QED) is 0.0625. The van der Waals surface area contributed by atoms with Gasteiger partial charge in [0.2, 0.25) is 11.8 Å². The molecule has 0 radical (unpaired) electrons. The van der Waals surface area contributed by atoms with Gasteiger partial charge in [-0.15, -0.1) is 0 Å². The van der Waals surface area contributed by atoms with Crippen molar-refractivity contribution in [1.82, 2.24) is 10.0 Å². The van der Waals surface area contributed by atoms with E-state index in [0.717, 1.165) is 36.0 Å². The van der Waals surface area contributed by atoms with Gasteiger partial charge in [-0.05, 0) is 36.1 Å². The highest BCUT2D eigenvalue weighted by Gasteiger charge is 2.19. The minimum absolute atomic E-state index is 0.0302. The molecule has 0 atom stereocenters. The first-order valence-corrected chi connectivity index (χ1v) is 13.0. The van der Waals surface area contributed by atoms with E-state index >= 15 is 0 Å². The SMILES string of the molecule is N=C(N)c1ccc(CNC(=O)Cc2c(-c3cccc(N)c3)c(Cl)cc(=NCCCCCCC(N)=O)n2O)cc1. The van der Waals surface area contributed by atoms with Crippen molar-refractivity contribution in [3.63, 3.8) is 0 Å². The van der Waals surface area contributed by atoms with E-state index in [1.807, 2.05) is 0 Å². The van der Waals surface area contributed by atoms with Crippen LogP contribution in [-0.2, 0) is 22.6 Å². The first kappa shape index (κ1) is 29.2. The Bertz CT molecular complexity index is 1400. The van der Waals surface area contributed by atoms with Gasteiger partial charge in [0.15, 0.2) is 5.49 Å². The minimum atomic E-state index is -0.332. The molecule has 39 heavy (non-hydrogen) atoms. The molecule has 0 aliphatic rings. The van der Waals surface area contributed by atoms with E-state index in [1.54, 1.807) is 54.6 Å². The van der Waals surface area contributed by atoms with Crippen LogP contribution in [0.2, 0.25) is 5.02 Å². The van der Waals surface area contributed by atoms with Gasteiger partial charge in [-0.25, -0.2) is 0 Å². The Labute approximate surface area is 232 Å². The van der Waals surface area contributed by atoms with Gasteiger partial charge in [0.1, 0.15) is 5.84 Å². The molecular weight excluding hydrogens is 518 g/mol. The molecule has 3 aromatic rings. The van der Waals surface area contributed by atoms with Gasteiger partial charge >= 0.3 is 0 Å². The summed E-state index contributed by atoms with van der Waals surface area (Å²) in [7, 11) is 0. The van der Waals surface area contributed by atoms with Crippen molar-refractivity contribution in [3.8, 4) is 11.1 Å². The predicted molar refractivity (Wildman–Crippen MR) is 152 cm³/mol. The van der Waals surface area contributed by atoms with E-state index in [1.165, 1.54) is 0 Å². The molecule has 2 amide bonds. The summed E-state index contributed by atoms with van der Waals surface area (Å²) in [5, 5.41) is 21.8. The number of carbonyl (C=O) groups is 2.